The molecule has 0 atom stereocenters. The second kappa shape index (κ2) is 5.49. The van der Waals surface area contributed by atoms with Crippen LogP contribution in [0.2, 0.25) is 0 Å². The van der Waals surface area contributed by atoms with Gasteiger partial charge in [0.05, 0.1) is 6.61 Å². The molecule has 1 aromatic heterocycles. The normalized spacial score (nSPS) is 9.29. The molecule has 0 radical (unpaired) electrons. The lowest BCUT2D eigenvalue weighted by atomic mass is 10.4. The Balaban J connectivity index is 0.00000169. The highest BCUT2D eigenvalue weighted by molar-refractivity contribution is 5.91. The van der Waals surface area contributed by atoms with Gasteiger partial charge in [-0.05, 0) is 6.92 Å². The van der Waals surface area contributed by atoms with E-state index < -0.39 is 5.97 Å². The van der Waals surface area contributed by atoms with Crippen LogP contribution in [0.4, 0.5) is 5.88 Å². The zero-order valence-electron chi connectivity index (χ0n) is 8.07. The highest BCUT2D eigenvalue weighted by atomic mass is 35.5. The fourth-order valence-electron chi connectivity index (χ4n) is 0.875. The average Bonchev–Trinajstić information content (AvgIpc) is 2.47. The number of halogens is 1. The molecule has 0 aromatic carbocycles. The molecule has 0 saturated heterocycles. The number of aromatic nitrogens is 1. The van der Waals surface area contributed by atoms with Crippen molar-refractivity contribution in [2.45, 2.75) is 20.3 Å². The van der Waals surface area contributed by atoms with Crippen molar-refractivity contribution in [1.82, 2.24) is 4.98 Å². The molecule has 6 heteroatoms. The molecule has 0 aliphatic heterocycles. The van der Waals surface area contributed by atoms with E-state index in [0.29, 0.717) is 18.9 Å². The van der Waals surface area contributed by atoms with Crippen molar-refractivity contribution < 1.29 is 13.9 Å². The minimum Gasteiger partial charge on any atom is -0.461 e. The monoisotopic (exact) mass is 220 g/mol. The van der Waals surface area contributed by atoms with Gasteiger partial charge >= 0.3 is 5.97 Å². The minimum atomic E-state index is -0.538. The molecule has 0 fully saturated rings. The van der Waals surface area contributed by atoms with E-state index in [2.05, 4.69) is 4.98 Å². The van der Waals surface area contributed by atoms with Crippen LogP contribution in [-0.2, 0) is 11.2 Å². The van der Waals surface area contributed by atoms with Crippen molar-refractivity contribution in [3.05, 3.63) is 11.6 Å². The van der Waals surface area contributed by atoms with Crippen LogP contribution in [0.5, 0.6) is 0 Å². The number of aryl methyl sites for hydroxylation is 1. The molecule has 0 amide bonds. The lowest BCUT2D eigenvalue weighted by Gasteiger charge is -1.96. The first kappa shape index (κ1) is 12.8. The van der Waals surface area contributed by atoms with Gasteiger partial charge in [0.2, 0.25) is 11.6 Å². The Hall–Kier alpha value is -1.23. The number of carbonyl (C=O) groups is 1. The van der Waals surface area contributed by atoms with Crippen LogP contribution >= 0.6 is 12.4 Å². The van der Waals surface area contributed by atoms with E-state index in [1.165, 1.54) is 0 Å². The lowest BCUT2D eigenvalue weighted by Crippen LogP contribution is -2.07. The van der Waals surface area contributed by atoms with E-state index >= 15 is 0 Å². The van der Waals surface area contributed by atoms with Gasteiger partial charge in [-0.15, -0.1) is 12.4 Å². The second-order valence-electron chi connectivity index (χ2n) is 2.39. The number of nitrogens with zero attached hydrogens (tertiary/aromatic N) is 1. The van der Waals surface area contributed by atoms with Crippen molar-refractivity contribution in [2.24, 2.45) is 0 Å². The number of anilines is 1. The van der Waals surface area contributed by atoms with Crippen LogP contribution in [0, 0.1) is 0 Å². The van der Waals surface area contributed by atoms with Crippen LogP contribution in [0.1, 0.15) is 30.2 Å². The Morgan fingerprint density at radius 2 is 2.21 bits per heavy atom. The molecule has 80 valence electrons. The number of nitrogen functional groups attached to an aromatic ring is 1. The van der Waals surface area contributed by atoms with Gasteiger partial charge in [-0.1, -0.05) is 6.92 Å². The van der Waals surface area contributed by atoms with Gasteiger partial charge in [0, 0.05) is 6.42 Å². The van der Waals surface area contributed by atoms with E-state index in [9.17, 15) is 4.79 Å². The van der Waals surface area contributed by atoms with Crippen LogP contribution in [0.25, 0.3) is 0 Å². The fraction of sp³-hybridized carbons (Fsp3) is 0.500. The summed E-state index contributed by atoms with van der Waals surface area (Å²) in [4.78, 5) is 15.1. The maximum atomic E-state index is 11.2. The number of oxazole rings is 1. The number of hydrogen-bond acceptors (Lipinski definition) is 5. The Bertz CT molecular complexity index is 312. The van der Waals surface area contributed by atoms with Gasteiger partial charge in [0.25, 0.3) is 0 Å². The van der Waals surface area contributed by atoms with E-state index in [4.69, 9.17) is 14.9 Å². The van der Waals surface area contributed by atoms with Crippen molar-refractivity contribution >= 4 is 24.3 Å². The predicted octanol–water partition coefficient (Wildman–Crippen LogP) is 1.42. The third kappa shape index (κ3) is 2.63. The zero-order valence-corrected chi connectivity index (χ0v) is 8.89. The molecule has 1 heterocycles. The minimum absolute atomic E-state index is 0. The van der Waals surface area contributed by atoms with Crippen molar-refractivity contribution in [2.75, 3.05) is 12.3 Å². The Kier molecular flexibility index (Phi) is 5.01. The first-order valence-corrected chi connectivity index (χ1v) is 4.11. The predicted molar refractivity (Wildman–Crippen MR) is 53.5 cm³/mol. The van der Waals surface area contributed by atoms with Crippen molar-refractivity contribution in [3.8, 4) is 0 Å². The molecule has 0 aliphatic carbocycles. The third-order valence-corrected chi connectivity index (χ3v) is 1.47. The zero-order chi connectivity index (χ0) is 9.84. The highest BCUT2D eigenvalue weighted by Crippen LogP contribution is 2.14. The largest absolute Gasteiger partial charge is 0.461 e. The Morgan fingerprint density at radius 3 is 2.64 bits per heavy atom. The fourth-order valence-corrected chi connectivity index (χ4v) is 0.875. The van der Waals surface area contributed by atoms with Gasteiger partial charge in [-0.25, -0.2) is 9.78 Å². The molecule has 1 aromatic rings. The molecule has 2 N–H and O–H groups in total. The molecule has 0 spiro atoms. The average molecular weight is 221 g/mol. The van der Waals surface area contributed by atoms with Crippen LogP contribution in [-0.4, -0.2) is 17.6 Å². The standard InChI is InChI=1S/C8H12N2O3.ClH/c1-3-5-10-6(7(9)13-5)8(11)12-4-2;/h3-4,9H2,1-2H3;1H. The Labute approximate surface area is 88.0 Å². The van der Waals surface area contributed by atoms with Crippen molar-refractivity contribution in [3.63, 3.8) is 0 Å². The quantitative estimate of drug-likeness (QED) is 0.780. The summed E-state index contributed by atoms with van der Waals surface area (Å²) in [5.41, 5.74) is 5.49. The van der Waals surface area contributed by atoms with E-state index in [0.717, 1.165) is 0 Å². The van der Waals surface area contributed by atoms with Crippen molar-refractivity contribution in [1.29, 1.82) is 0 Å². The van der Waals surface area contributed by atoms with Gasteiger partial charge < -0.3 is 14.9 Å². The van der Waals surface area contributed by atoms with Gasteiger partial charge in [-0.2, -0.15) is 0 Å². The van der Waals surface area contributed by atoms with E-state index in [1.807, 2.05) is 6.92 Å². The maximum absolute atomic E-state index is 11.2. The number of rotatable bonds is 3. The molecule has 14 heavy (non-hydrogen) atoms. The summed E-state index contributed by atoms with van der Waals surface area (Å²) in [7, 11) is 0. The topological polar surface area (TPSA) is 78.3 Å². The molecule has 5 nitrogen and oxygen atoms in total. The summed E-state index contributed by atoms with van der Waals surface area (Å²) >= 11 is 0. The third-order valence-electron chi connectivity index (χ3n) is 1.47. The second-order valence-corrected chi connectivity index (χ2v) is 2.39. The number of ether oxygens (including phenoxy) is 1. The Morgan fingerprint density at radius 1 is 1.57 bits per heavy atom. The van der Waals surface area contributed by atoms with Gasteiger partial charge in [-0.3, -0.25) is 0 Å². The number of carbonyl (C=O) groups excluding carboxylic acids is 1. The van der Waals surface area contributed by atoms with Gasteiger partial charge in [0.1, 0.15) is 0 Å². The summed E-state index contributed by atoms with van der Waals surface area (Å²) < 4.78 is 9.72. The first-order chi connectivity index (χ1) is 6.19. The summed E-state index contributed by atoms with van der Waals surface area (Å²) in [6.45, 7) is 3.88. The molecular weight excluding hydrogens is 208 g/mol. The highest BCUT2D eigenvalue weighted by Gasteiger charge is 2.17. The number of hydrogen-bond donors (Lipinski definition) is 1. The maximum Gasteiger partial charge on any atom is 0.362 e. The molecule has 0 aliphatic rings. The first-order valence-electron chi connectivity index (χ1n) is 4.11. The molecule has 0 unspecified atom stereocenters. The lowest BCUT2D eigenvalue weighted by molar-refractivity contribution is 0.0521. The molecule has 1 rings (SSSR count). The number of esters is 1. The SMILES string of the molecule is CCOC(=O)c1nc(CC)oc1N.Cl. The van der Waals surface area contributed by atoms with E-state index in [-0.39, 0.29) is 24.0 Å². The number of nitrogens with two attached hydrogens (primary N) is 1. The van der Waals surface area contributed by atoms with E-state index in [1.54, 1.807) is 6.92 Å². The van der Waals surface area contributed by atoms with Crippen LogP contribution in [0.3, 0.4) is 0 Å². The van der Waals surface area contributed by atoms with Gasteiger partial charge in [0.15, 0.2) is 5.89 Å². The summed E-state index contributed by atoms with van der Waals surface area (Å²) in [6, 6.07) is 0. The molecule has 0 bridgehead atoms. The summed E-state index contributed by atoms with van der Waals surface area (Å²) in [5.74, 6) is -0.0701. The van der Waals surface area contributed by atoms with Crippen LogP contribution in [0.15, 0.2) is 4.42 Å². The molecule has 0 saturated carbocycles. The van der Waals surface area contributed by atoms with Crippen LogP contribution < -0.4 is 5.73 Å². The summed E-state index contributed by atoms with van der Waals surface area (Å²) in [6.07, 6.45) is 0.601. The summed E-state index contributed by atoms with van der Waals surface area (Å²) in [5, 5.41) is 0. The smallest absolute Gasteiger partial charge is 0.362 e. The molecular formula is C8H13ClN2O3.